The van der Waals surface area contributed by atoms with Crippen molar-refractivity contribution in [2.45, 2.75) is 6.42 Å². The van der Waals surface area contributed by atoms with Gasteiger partial charge in [-0.3, -0.25) is 4.90 Å². The van der Waals surface area contributed by atoms with Crippen molar-refractivity contribution in [3.63, 3.8) is 0 Å². The molecule has 0 saturated carbocycles. The molecule has 1 amide bonds. The Hall–Kier alpha value is -1.91. The lowest BCUT2D eigenvalue weighted by atomic mass is 10.2. The van der Waals surface area contributed by atoms with Crippen LogP contribution in [0.25, 0.3) is 0 Å². The molecule has 2 N–H and O–H groups in total. The van der Waals surface area contributed by atoms with Gasteiger partial charge in [0.05, 0.1) is 25.1 Å². The number of benzene rings is 1. The van der Waals surface area contributed by atoms with Gasteiger partial charge in [-0.05, 0) is 18.6 Å². The first-order chi connectivity index (χ1) is 7.72. The van der Waals surface area contributed by atoms with E-state index in [1.54, 1.807) is 30.2 Å². The second-order valence-corrected chi connectivity index (χ2v) is 3.55. The molecule has 0 radical (unpaired) electrons. The summed E-state index contributed by atoms with van der Waals surface area (Å²) in [6, 6.07) is 5.24. The van der Waals surface area contributed by atoms with E-state index in [1.165, 1.54) is 0 Å². The summed E-state index contributed by atoms with van der Waals surface area (Å²) < 4.78 is 10.1. The number of carbonyl (C=O) groups is 1. The van der Waals surface area contributed by atoms with Gasteiger partial charge >= 0.3 is 6.09 Å². The van der Waals surface area contributed by atoms with Gasteiger partial charge in [0, 0.05) is 12.6 Å². The van der Waals surface area contributed by atoms with Crippen LogP contribution in [0, 0.1) is 0 Å². The summed E-state index contributed by atoms with van der Waals surface area (Å²) in [5, 5.41) is 0. The number of hydrogen-bond donors (Lipinski definition) is 1. The van der Waals surface area contributed by atoms with Crippen LogP contribution in [-0.4, -0.2) is 26.4 Å². The average Bonchev–Trinajstić information content (AvgIpc) is 2.31. The van der Waals surface area contributed by atoms with E-state index in [9.17, 15) is 4.79 Å². The van der Waals surface area contributed by atoms with E-state index in [0.29, 0.717) is 24.6 Å². The molecule has 1 saturated heterocycles. The summed E-state index contributed by atoms with van der Waals surface area (Å²) >= 11 is 0. The molecule has 1 heterocycles. The number of anilines is 2. The van der Waals surface area contributed by atoms with Crippen molar-refractivity contribution in [2.75, 3.05) is 30.9 Å². The van der Waals surface area contributed by atoms with Crippen LogP contribution < -0.4 is 15.4 Å². The molecule has 0 spiro atoms. The van der Waals surface area contributed by atoms with E-state index in [2.05, 4.69) is 0 Å². The number of carbonyl (C=O) groups excluding carboxylic acids is 1. The molecule has 1 aromatic rings. The molecule has 86 valence electrons. The van der Waals surface area contributed by atoms with Crippen LogP contribution in [0.3, 0.4) is 0 Å². The molecule has 5 nitrogen and oxygen atoms in total. The predicted octanol–water partition coefficient (Wildman–Crippen LogP) is 1.62. The Bertz CT molecular complexity index is 406. The molecule has 0 bridgehead atoms. The van der Waals surface area contributed by atoms with Gasteiger partial charge in [-0.15, -0.1) is 0 Å². The quantitative estimate of drug-likeness (QED) is 0.772. The maximum absolute atomic E-state index is 11.5. The standard InChI is InChI=1S/C11H14N2O3/c1-15-10-7-8(3-4-9(10)12)13-5-2-6-16-11(13)14/h3-4,7H,2,5-6,12H2,1H3. The van der Waals surface area contributed by atoms with E-state index in [-0.39, 0.29) is 6.09 Å². The zero-order valence-electron chi connectivity index (χ0n) is 9.10. The summed E-state index contributed by atoms with van der Waals surface area (Å²) in [4.78, 5) is 13.1. The third kappa shape index (κ3) is 1.88. The van der Waals surface area contributed by atoms with E-state index in [1.807, 2.05) is 0 Å². The number of nitrogens with zero attached hydrogens (tertiary/aromatic N) is 1. The molecule has 2 rings (SSSR count). The van der Waals surface area contributed by atoms with E-state index in [4.69, 9.17) is 15.2 Å². The van der Waals surface area contributed by atoms with Crippen LogP contribution in [0.2, 0.25) is 0 Å². The minimum absolute atomic E-state index is 0.321. The van der Waals surface area contributed by atoms with E-state index in [0.717, 1.165) is 12.1 Å². The van der Waals surface area contributed by atoms with Gasteiger partial charge in [0.2, 0.25) is 0 Å². The molecule has 1 aliphatic rings. The fourth-order valence-electron chi connectivity index (χ4n) is 1.65. The lowest BCUT2D eigenvalue weighted by Crippen LogP contribution is -2.37. The van der Waals surface area contributed by atoms with Gasteiger partial charge in [-0.2, -0.15) is 0 Å². The SMILES string of the molecule is COc1cc(N2CCCOC2=O)ccc1N. The Labute approximate surface area is 93.7 Å². The molecular weight excluding hydrogens is 208 g/mol. The summed E-state index contributed by atoms with van der Waals surface area (Å²) in [5.41, 5.74) is 7.00. The van der Waals surface area contributed by atoms with Crippen LogP contribution in [0.1, 0.15) is 6.42 Å². The molecular formula is C11H14N2O3. The average molecular weight is 222 g/mol. The highest BCUT2D eigenvalue weighted by molar-refractivity contribution is 5.89. The number of nitrogens with two attached hydrogens (primary N) is 1. The highest BCUT2D eigenvalue weighted by Crippen LogP contribution is 2.28. The lowest BCUT2D eigenvalue weighted by Gasteiger charge is -2.26. The zero-order valence-corrected chi connectivity index (χ0v) is 9.10. The maximum atomic E-state index is 11.5. The number of cyclic esters (lactones) is 1. The lowest BCUT2D eigenvalue weighted by molar-refractivity contribution is 0.140. The molecule has 1 aromatic carbocycles. The molecule has 0 aromatic heterocycles. The summed E-state index contributed by atoms with van der Waals surface area (Å²) in [6.45, 7) is 1.15. The summed E-state index contributed by atoms with van der Waals surface area (Å²) in [5.74, 6) is 0.566. The fraction of sp³-hybridized carbons (Fsp3) is 0.364. The van der Waals surface area contributed by atoms with Crippen molar-refractivity contribution >= 4 is 17.5 Å². The largest absolute Gasteiger partial charge is 0.495 e. The van der Waals surface area contributed by atoms with Crippen LogP contribution >= 0.6 is 0 Å². The molecule has 16 heavy (non-hydrogen) atoms. The Balaban J connectivity index is 2.29. The van der Waals surface area contributed by atoms with Crippen LogP contribution in [0.5, 0.6) is 5.75 Å². The second kappa shape index (κ2) is 4.30. The second-order valence-electron chi connectivity index (χ2n) is 3.55. The summed E-state index contributed by atoms with van der Waals surface area (Å²) in [7, 11) is 1.55. The minimum atomic E-state index is -0.321. The third-order valence-corrected chi connectivity index (χ3v) is 2.50. The van der Waals surface area contributed by atoms with Crippen LogP contribution in [-0.2, 0) is 4.74 Å². The predicted molar refractivity (Wildman–Crippen MR) is 60.7 cm³/mol. The molecule has 0 atom stereocenters. The zero-order chi connectivity index (χ0) is 11.5. The van der Waals surface area contributed by atoms with Crippen molar-refractivity contribution < 1.29 is 14.3 Å². The first-order valence-electron chi connectivity index (χ1n) is 5.10. The molecule has 5 heteroatoms. The van der Waals surface area contributed by atoms with Gasteiger partial charge in [0.15, 0.2) is 0 Å². The summed E-state index contributed by atoms with van der Waals surface area (Å²) in [6.07, 6.45) is 0.511. The highest BCUT2D eigenvalue weighted by Gasteiger charge is 2.21. The van der Waals surface area contributed by atoms with Gasteiger partial charge in [-0.1, -0.05) is 0 Å². The third-order valence-electron chi connectivity index (χ3n) is 2.50. The smallest absolute Gasteiger partial charge is 0.414 e. The topological polar surface area (TPSA) is 64.8 Å². The molecule has 1 aliphatic heterocycles. The van der Waals surface area contributed by atoms with Crippen molar-refractivity contribution in [2.24, 2.45) is 0 Å². The number of amides is 1. The maximum Gasteiger partial charge on any atom is 0.414 e. The Morgan fingerprint density at radius 2 is 2.31 bits per heavy atom. The number of hydrogen-bond acceptors (Lipinski definition) is 4. The normalized spacial score (nSPS) is 15.8. The van der Waals surface area contributed by atoms with Crippen LogP contribution in [0.4, 0.5) is 16.2 Å². The van der Waals surface area contributed by atoms with Gasteiger partial charge in [0.1, 0.15) is 5.75 Å². The number of ether oxygens (including phenoxy) is 2. The fourth-order valence-corrected chi connectivity index (χ4v) is 1.65. The van der Waals surface area contributed by atoms with Gasteiger partial charge < -0.3 is 15.2 Å². The first kappa shape index (κ1) is 10.6. The Kier molecular flexibility index (Phi) is 2.85. The Morgan fingerprint density at radius 3 is 3.00 bits per heavy atom. The highest BCUT2D eigenvalue weighted by atomic mass is 16.6. The number of rotatable bonds is 2. The van der Waals surface area contributed by atoms with Crippen molar-refractivity contribution in [3.05, 3.63) is 18.2 Å². The minimum Gasteiger partial charge on any atom is -0.495 e. The van der Waals surface area contributed by atoms with Crippen molar-refractivity contribution in [1.29, 1.82) is 0 Å². The first-order valence-corrected chi connectivity index (χ1v) is 5.10. The molecule has 0 aliphatic carbocycles. The Morgan fingerprint density at radius 1 is 1.50 bits per heavy atom. The monoisotopic (exact) mass is 222 g/mol. The number of methoxy groups -OCH3 is 1. The molecule has 0 unspecified atom stereocenters. The van der Waals surface area contributed by atoms with E-state index >= 15 is 0 Å². The van der Waals surface area contributed by atoms with Gasteiger partial charge in [0.25, 0.3) is 0 Å². The van der Waals surface area contributed by atoms with Crippen LogP contribution in [0.15, 0.2) is 18.2 Å². The van der Waals surface area contributed by atoms with E-state index < -0.39 is 0 Å². The molecule has 1 fully saturated rings. The van der Waals surface area contributed by atoms with Crippen molar-refractivity contribution in [1.82, 2.24) is 0 Å². The number of nitrogen functional groups attached to an aromatic ring is 1. The van der Waals surface area contributed by atoms with Crippen molar-refractivity contribution in [3.8, 4) is 5.75 Å². The van der Waals surface area contributed by atoms with Gasteiger partial charge in [-0.25, -0.2) is 4.79 Å².